The first-order valence-corrected chi connectivity index (χ1v) is 9.79. The predicted molar refractivity (Wildman–Crippen MR) is 79.2 cm³/mol. The Morgan fingerprint density at radius 2 is 2.11 bits per heavy atom. The first-order chi connectivity index (χ1) is 8.69. The van der Waals surface area contributed by atoms with E-state index in [1.807, 2.05) is 0 Å². The lowest BCUT2D eigenvalue weighted by Gasteiger charge is -2.40. The Morgan fingerprint density at radius 3 is 2.58 bits per heavy atom. The summed E-state index contributed by atoms with van der Waals surface area (Å²) in [4.78, 5) is 13.2. The number of rotatable bonds is 7. The Hall–Kier alpha value is -0.813. The fraction of sp³-hybridized carbons (Fsp3) is 0.786. The molecule has 0 aliphatic carbocycles. The van der Waals surface area contributed by atoms with Crippen LogP contribution >= 0.6 is 0 Å². The molecule has 5 heteroatoms. The number of carbonyl (C=O) groups is 1. The zero-order valence-corrected chi connectivity index (χ0v) is 13.9. The van der Waals surface area contributed by atoms with Crippen LogP contribution < -0.4 is 0 Å². The maximum Gasteiger partial charge on any atom is 0.231 e. The molecule has 110 valence electrons. The number of β-lactam (4-membered cyclic amide) rings is 1. The van der Waals surface area contributed by atoms with E-state index in [4.69, 9.17) is 9.16 Å². The molecule has 1 heterocycles. The van der Waals surface area contributed by atoms with Gasteiger partial charge in [-0.05, 0) is 24.6 Å². The molecule has 1 atom stereocenters. The van der Waals surface area contributed by atoms with Gasteiger partial charge in [0.1, 0.15) is 0 Å². The summed E-state index contributed by atoms with van der Waals surface area (Å²) < 4.78 is 11.3. The maximum absolute atomic E-state index is 11.4. The summed E-state index contributed by atoms with van der Waals surface area (Å²) in [6.45, 7) is 16.1. The molecule has 19 heavy (non-hydrogen) atoms. The Balaban J connectivity index is 2.28. The standard InChI is InChI=1S/C14H27NO3Si/c1-7-17-13-11-12(16)15(13)9-8-10-18-19(5,6)14(2,3)4/h7,13H,1,8-11H2,2-6H3. The van der Waals surface area contributed by atoms with Crippen LogP contribution in [-0.4, -0.2) is 38.5 Å². The van der Waals surface area contributed by atoms with Gasteiger partial charge in [-0.1, -0.05) is 27.4 Å². The largest absolute Gasteiger partial charge is 0.478 e. The second-order valence-electron chi connectivity index (χ2n) is 6.51. The van der Waals surface area contributed by atoms with Gasteiger partial charge in [0, 0.05) is 13.2 Å². The van der Waals surface area contributed by atoms with Crippen molar-refractivity contribution >= 4 is 14.2 Å². The van der Waals surface area contributed by atoms with E-state index in [1.54, 1.807) is 4.90 Å². The van der Waals surface area contributed by atoms with Crippen molar-refractivity contribution in [2.75, 3.05) is 13.2 Å². The van der Waals surface area contributed by atoms with Gasteiger partial charge in [0.2, 0.25) is 5.91 Å². The average Bonchev–Trinajstić information content (AvgIpc) is 2.26. The minimum atomic E-state index is -1.67. The second kappa shape index (κ2) is 6.09. The highest BCUT2D eigenvalue weighted by molar-refractivity contribution is 6.74. The van der Waals surface area contributed by atoms with Crippen LogP contribution in [0, 0.1) is 0 Å². The Kier molecular flexibility index (Phi) is 5.21. The topological polar surface area (TPSA) is 38.8 Å². The van der Waals surface area contributed by atoms with Crippen molar-refractivity contribution in [3.63, 3.8) is 0 Å². The smallest absolute Gasteiger partial charge is 0.231 e. The number of hydrogen-bond acceptors (Lipinski definition) is 3. The van der Waals surface area contributed by atoms with Crippen LogP contribution in [0.1, 0.15) is 33.6 Å². The number of ether oxygens (including phenoxy) is 1. The molecule has 0 spiro atoms. The van der Waals surface area contributed by atoms with Crippen LogP contribution in [0.5, 0.6) is 0 Å². The van der Waals surface area contributed by atoms with E-state index in [9.17, 15) is 4.79 Å². The van der Waals surface area contributed by atoms with E-state index in [0.29, 0.717) is 19.6 Å². The molecular formula is C14H27NO3Si. The highest BCUT2D eigenvalue weighted by atomic mass is 28.4. The number of likely N-dealkylation sites (tertiary alicyclic amines) is 1. The quantitative estimate of drug-likeness (QED) is 0.312. The summed E-state index contributed by atoms with van der Waals surface area (Å²) in [7, 11) is -1.67. The van der Waals surface area contributed by atoms with Crippen molar-refractivity contribution < 1.29 is 14.0 Å². The third-order valence-electron chi connectivity index (χ3n) is 4.08. The van der Waals surface area contributed by atoms with E-state index >= 15 is 0 Å². The molecule has 0 saturated carbocycles. The second-order valence-corrected chi connectivity index (χ2v) is 11.3. The molecule has 1 unspecified atom stereocenters. The third kappa shape index (κ3) is 4.08. The Labute approximate surface area is 117 Å². The summed E-state index contributed by atoms with van der Waals surface area (Å²) >= 11 is 0. The molecule has 1 amide bonds. The SMILES string of the molecule is C=COC1CC(=O)N1CCCO[Si](C)(C)C(C)(C)C. The van der Waals surface area contributed by atoms with Gasteiger partial charge < -0.3 is 14.1 Å². The molecule has 1 rings (SSSR count). The molecule has 0 bridgehead atoms. The molecule has 1 aliphatic rings. The van der Waals surface area contributed by atoms with Crippen LogP contribution in [0.25, 0.3) is 0 Å². The molecule has 0 aromatic carbocycles. The zero-order chi connectivity index (χ0) is 14.7. The van der Waals surface area contributed by atoms with E-state index in [0.717, 1.165) is 6.42 Å². The summed E-state index contributed by atoms with van der Waals surface area (Å²) in [6.07, 6.45) is 2.61. The summed E-state index contributed by atoms with van der Waals surface area (Å²) in [5.74, 6) is 0.152. The van der Waals surface area contributed by atoms with E-state index in [1.165, 1.54) is 6.26 Å². The van der Waals surface area contributed by atoms with Crippen LogP contribution in [0.3, 0.4) is 0 Å². The van der Waals surface area contributed by atoms with E-state index in [2.05, 4.69) is 40.4 Å². The van der Waals surface area contributed by atoms with Crippen molar-refractivity contribution in [3.05, 3.63) is 12.8 Å². The minimum absolute atomic E-state index is 0.113. The van der Waals surface area contributed by atoms with Gasteiger partial charge in [-0.3, -0.25) is 4.79 Å². The molecule has 0 aromatic heterocycles. The average molecular weight is 285 g/mol. The van der Waals surface area contributed by atoms with Crippen molar-refractivity contribution in [2.24, 2.45) is 0 Å². The minimum Gasteiger partial charge on any atom is -0.478 e. The van der Waals surface area contributed by atoms with Gasteiger partial charge >= 0.3 is 0 Å². The molecule has 0 radical (unpaired) electrons. The highest BCUT2D eigenvalue weighted by Gasteiger charge is 2.38. The van der Waals surface area contributed by atoms with Gasteiger partial charge in [0.05, 0.1) is 12.7 Å². The van der Waals surface area contributed by atoms with Crippen LogP contribution in [0.4, 0.5) is 0 Å². The lowest BCUT2D eigenvalue weighted by Crippen LogP contribution is -2.53. The fourth-order valence-electron chi connectivity index (χ4n) is 1.71. The number of amides is 1. The van der Waals surface area contributed by atoms with Crippen LogP contribution in [0.15, 0.2) is 12.8 Å². The van der Waals surface area contributed by atoms with Gasteiger partial charge in [-0.25, -0.2) is 0 Å². The van der Waals surface area contributed by atoms with Crippen molar-refractivity contribution in [3.8, 4) is 0 Å². The molecule has 0 aromatic rings. The molecule has 1 fully saturated rings. The number of hydrogen-bond donors (Lipinski definition) is 0. The van der Waals surface area contributed by atoms with Gasteiger partial charge in [0.25, 0.3) is 0 Å². The van der Waals surface area contributed by atoms with Crippen molar-refractivity contribution in [1.82, 2.24) is 4.90 Å². The first kappa shape index (κ1) is 16.2. The van der Waals surface area contributed by atoms with Crippen LogP contribution in [0.2, 0.25) is 18.1 Å². The lowest BCUT2D eigenvalue weighted by molar-refractivity contribution is -0.165. The van der Waals surface area contributed by atoms with Gasteiger partial charge in [-0.2, -0.15) is 0 Å². The van der Waals surface area contributed by atoms with Crippen molar-refractivity contribution in [2.45, 2.75) is 58.0 Å². The number of carbonyl (C=O) groups excluding carboxylic acids is 1. The molecule has 1 saturated heterocycles. The molecule has 4 nitrogen and oxygen atoms in total. The van der Waals surface area contributed by atoms with E-state index < -0.39 is 8.32 Å². The predicted octanol–water partition coefficient (Wildman–Crippen LogP) is 3.12. The third-order valence-corrected chi connectivity index (χ3v) is 8.62. The zero-order valence-electron chi connectivity index (χ0n) is 12.9. The number of nitrogens with zero attached hydrogens (tertiary/aromatic N) is 1. The fourth-order valence-corrected chi connectivity index (χ4v) is 2.79. The Morgan fingerprint density at radius 1 is 1.47 bits per heavy atom. The summed E-state index contributed by atoms with van der Waals surface area (Å²) in [5.41, 5.74) is 0. The van der Waals surface area contributed by atoms with E-state index in [-0.39, 0.29) is 17.2 Å². The molecule has 1 aliphatic heterocycles. The van der Waals surface area contributed by atoms with Crippen LogP contribution in [-0.2, 0) is 14.0 Å². The van der Waals surface area contributed by atoms with Gasteiger partial charge in [0.15, 0.2) is 14.5 Å². The Bertz CT molecular complexity index is 334. The molecular weight excluding hydrogens is 258 g/mol. The van der Waals surface area contributed by atoms with Crippen molar-refractivity contribution in [1.29, 1.82) is 0 Å². The lowest BCUT2D eigenvalue weighted by atomic mass is 10.1. The monoisotopic (exact) mass is 285 g/mol. The first-order valence-electron chi connectivity index (χ1n) is 6.89. The highest BCUT2D eigenvalue weighted by Crippen LogP contribution is 2.36. The molecule has 0 N–H and O–H groups in total. The normalized spacial score (nSPS) is 20.2. The summed E-state index contributed by atoms with van der Waals surface area (Å²) in [5, 5.41) is 0.230. The van der Waals surface area contributed by atoms with Gasteiger partial charge in [-0.15, -0.1) is 0 Å². The maximum atomic E-state index is 11.4. The summed E-state index contributed by atoms with van der Waals surface area (Å²) in [6, 6.07) is 0.